The molecule has 0 amide bonds. The van der Waals surface area contributed by atoms with Gasteiger partial charge in [0, 0.05) is 23.3 Å². The Bertz CT molecular complexity index is 446. The van der Waals surface area contributed by atoms with Crippen molar-refractivity contribution in [2.24, 2.45) is 0 Å². The van der Waals surface area contributed by atoms with Gasteiger partial charge in [-0.15, -0.1) is 0 Å². The summed E-state index contributed by atoms with van der Waals surface area (Å²) in [5, 5.41) is 14.0. The van der Waals surface area contributed by atoms with E-state index in [2.05, 4.69) is 17.2 Å². The molecule has 1 aliphatic carbocycles. The molecule has 2 rings (SSSR count). The number of aryl methyl sites for hydroxylation is 1. The number of halogens is 1. The van der Waals surface area contributed by atoms with Gasteiger partial charge in [0.1, 0.15) is 5.82 Å². The fourth-order valence-electron chi connectivity index (χ4n) is 2.29. The van der Waals surface area contributed by atoms with Crippen molar-refractivity contribution in [1.29, 1.82) is 0 Å². The molecule has 5 heteroatoms. The second-order valence-electron chi connectivity index (χ2n) is 5.34. The molecule has 18 heavy (non-hydrogen) atoms. The van der Waals surface area contributed by atoms with Gasteiger partial charge in [0.2, 0.25) is 0 Å². The van der Waals surface area contributed by atoms with E-state index in [4.69, 9.17) is 17.3 Å². The molecule has 1 atom stereocenters. The van der Waals surface area contributed by atoms with Gasteiger partial charge in [-0.1, -0.05) is 11.6 Å². The van der Waals surface area contributed by atoms with Crippen LogP contribution in [0.4, 0.5) is 5.82 Å². The average Bonchev–Trinajstić information content (AvgIpc) is 2.28. The average molecular weight is 270 g/mol. The predicted octanol–water partition coefficient (Wildman–Crippen LogP) is 2.19. The standard InChI is InChI=1S/C13H20ClN3O/c1-8-9(6-10(14)12(15)17-8)11(18)7-16-13(2)4-3-5-13/h6,11,16,18H,3-5,7H2,1-2H3,(H2,15,17)/t11-/m0/s1. The summed E-state index contributed by atoms with van der Waals surface area (Å²) in [6.45, 7) is 4.53. The van der Waals surface area contributed by atoms with E-state index in [1.165, 1.54) is 19.3 Å². The van der Waals surface area contributed by atoms with Crippen molar-refractivity contribution in [2.45, 2.75) is 44.8 Å². The molecule has 0 spiro atoms. The van der Waals surface area contributed by atoms with E-state index < -0.39 is 6.10 Å². The number of aliphatic hydroxyl groups excluding tert-OH is 1. The highest BCUT2D eigenvalue weighted by atomic mass is 35.5. The van der Waals surface area contributed by atoms with E-state index in [0.29, 0.717) is 17.4 Å². The molecule has 4 nitrogen and oxygen atoms in total. The number of pyridine rings is 1. The maximum absolute atomic E-state index is 10.2. The number of hydrogen-bond acceptors (Lipinski definition) is 4. The highest BCUT2D eigenvalue weighted by molar-refractivity contribution is 6.32. The maximum atomic E-state index is 10.2. The summed E-state index contributed by atoms with van der Waals surface area (Å²) in [7, 11) is 0. The summed E-state index contributed by atoms with van der Waals surface area (Å²) in [5.74, 6) is 0.309. The van der Waals surface area contributed by atoms with Crippen molar-refractivity contribution < 1.29 is 5.11 Å². The molecule has 0 bridgehead atoms. The zero-order chi connectivity index (χ0) is 13.3. The number of nitrogen functional groups attached to an aromatic ring is 1. The lowest BCUT2D eigenvalue weighted by Crippen LogP contribution is -2.49. The van der Waals surface area contributed by atoms with Gasteiger partial charge in [0.15, 0.2) is 0 Å². The minimum atomic E-state index is -0.604. The summed E-state index contributed by atoms with van der Waals surface area (Å²) < 4.78 is 0. The third-order valence-corrected chi connectivity index (χ3v) is 4.07. The summed E-state index contributed by atoms with van der Waals surface area (Å²) in [5.41, 5.74) is 7.27. The second-order valence-corrected chi connectivity index (χ2v) is 5.75. The van der Waals surface area contributed by atoms with Crippen LogP contribution in [0.1, 0.15) is 43.5 Å². The normalized spacial score (nSPS) is 19.3. The van der Waals surface area contributed by atoms with Gasteiger partial charge in [0.25, 0.3) is 0 Å². The fraction of sp³-hybridized carbons (Fsp3) is 0.615. The van der Waals surface area contributed by atoms with Crippen LogP contribution in [0.15, 0.2) is 6.07 Å². The molecule has 1 saturated carbocycles. The molecule has 4 N–H and O–H groups in total. The Kier molecular flexibility index (Phi) is 3.80. The van der Waals surface area contributed by atoms with E-state index in [9.17, 15) is 5.11 Å². The first-order valence-corrected chi connectivity index (χ1v) is 6.65. The lowest BCUT2D eigenvalue weighted by Gasteiger charge is -2.40. The lowest BCUT2D eigenvalue weighted by atomic mass is 9.78. The number of nitrogens with zero attached hydrogens (tertiary/aromatic N) is 1. The molecule has 1 heterocycles. The zero-order valence-corrected chi connectivity index (χ0v) is 11.6. The van der Waals surface area contributed by atoms with Crippen LogP contribution in [0.25, 0.3) is 0 Å². The zero-order valence-electron chi connectivity index (χ0n) is 10.8. The quantitative estimate of drug-likeness (QED) is 0.784. The van der Waals surface area contributed by atoms with Gasteiger partial charge < -0.3 is 16.2 Å². The van der Waals surface area contributed by atoms with Crippen LogP contribution < -0.4 is 11.1 Å². The Morgan fingerprint density at radius 2 is 2.28 bits per heavy atom. The van der Waals surface area contributed by atoms with Gasteiger partial charge in [0.05, 0.1) is 11.1 Å². The number of aromatic nitrogens is 1. The highest BCUT2D eigenvalue weighted by Gasteiger charge is 2.31. The third kappa shape index (κ3) is 2.76. The van der Waals surface area contributed by atoms with Crippen molar-refractivity contribution in [2.75, 3.05) is 12.3 Å². The monoisotopic (exact) mass is 269 g/mol. The Morgan fingerprint density at radius 1 is 1.61 bits per heavy atom. The van der Waals surface area contributed by atoms with Gasteiger partial charge in [-0.25, -0.2) is 4.98 Å². The van der Waals surface area contributed by atoms with Gasteiger partial charge in [-0.3, -0.25) is 0 Å². The summed E-state index contributed by atoms with van der Waals surface area (Å²) in [4.78, 5) is 4.13. The lowest BCUT2D eigenvalue weighted by molar-refractivity contribution is 0.131. The smallest absolute Gasteiger partial charge is 0.142 e. The van der Waals surface area contributed by atoms with Crippen LogP contribution in [0.5, 0.6) is 0 Å². The van der Waals surface area contributed by atoms with E-state index >= 15 is 0 Å². The van der Waals surface area contributed by atoms with Crippen LogP contribution in [0.3, 0.4) is 0 Å². The largest absolute Gasteiger partial charge is 0.387 e. The molecule has 1 aromatic rings. The maximum Gasteiger partial charge on any atom is 0.142 e. The van der Waals surface area contributed by atoms with Gasteiger partial charge >= 0.3 is 0 Å². The van der Waals surface area contributed by atoms with Crippen molar-refractivity contribution in [3.63, 3.8) is 0 Å². The molecule has 1 aliphatic rings. The number of nitrogens with one attached hydrogen (secondary N) is 1. The first kappa shape index (κ1) is 13.6. The van der Waals surface area contributed by atoms with E-state index in [0.717, 1.165) is 11.3 Å². The number of anilines is 1. The number of nitrogens with two attached hydrogens (primary N) is 1. The van der Waals surface area contributed by atoms with Crippen molar-refractivity contribution in [3.8, 4) is 0 Å². The minimum absolute atomic E-state index is 0.180. The Labute approximate surface area is 113 Å². The molecule has 0 unspecified atom stereocenters. The topological polar surface area (TPSA) is 71.2 Å². The SMILES string of the molecule is Cc1nc(N)c(Cl)cc1[C@@H](O)CNC1(C)CCC1. The number of β-amino-alcohol motifs (C(OH)–C–C–N with tert-alkyl or cyclic N) is 1. The van der Waals surface area contributed by atoms with Crippen LogP contribution >= 0.6 is 11.6 Å². The fourth-order valence-corrected chi connectivity index (χ4v) is 2.45. The number of rotatable bonds is 4. The van der Waals surface area contributed by atoms with Crippen molar-refractivity contribution in [3.05, 3.63) is 22.3 Å². The number of hydrogen-bond donors (Lipinski definition) is 3. The van der Waals surface area contributed by atoms with Crippen LogP contribution in [0, 0.1) is 6.92 Å². The Balaban J connectivity index is 2.04. The summed E-state index contributed by atoms with van der Waals surface area (Å²) >= 11 is 5.94. The summed E-state index contributed by atoms with van der Waals surface area (Å²) in [6.07, 6.45) is 2.99. The Morgan fingerprint density at radius 3 is 2.83 bits per heavy atom. The molecular formula is C13H20ClN3O. The molecular weight excluding hydrogens is 250 g/mol. The highest BCUT2D eigenvalue weighted by Crippen LogP contribution is 2.32. The summed E-state index contributed by atoms with van der Waals surface area (Å²) in [6, 6.07) is 1.70. The predicted molar refractivity (Wildman–Crippen MR) is 73.6 cm³/mol. The molecule has 1 fully saturated rings. The van der Waals surface area contributed by atoms with Crippen LogP contribution in [-0.4, -0.2) is 22.2 Å². The van der Waals surface area contributed by atoms with E-state index in [-0.39, 0.29) is 5.54 Å². The van der Waals surface area contributed by atoms with Crippen LogP contribution in [-0.2, 0) is 0 Å². The molecule has 0 aliphatic heterocycles. The van der Waals surface area contributed by atoms with Crippen molar-refractivity contribution in [1.82, 2.24) is 10.3 Å². The molecule has 0 aromatic carbocycles. The molecule has 100 valence electrons. The van der Waals surface area contributed by atoms with E-state index in [1.807, 2.05) is 6.92 Å². The van der Waals surface area contributed by atoms with Crippen LogP contribution in [0.2, 0.25) is 5.02 Å². The third-order valence-electron chi connectivity index (χ3n) is 3.77. The first-order chi connectivity index (χ1) is 8.41. The minimum Gasteiger partial charge on any atom is -0.387 e. The van der Waals surface area contributed by atoms with Gasteiger partial charge in [-0.2, -0.15) is 0 Å². The number of aliphatic hydroxyl groups is 1. The second kappa shape index (κ2) is 5.03. The van der Waals surface area contributed by atoms with Crippen molar-refractivity contribution >= 4 is 17.4 Å². The first-order valence-electron chi connectivity index (χ1n) is 6.27. The van der Waals surface area contributed by atoms with Gasteiger partial charge in [-0.05, 0) is 39.2 Å². The molecule has 0 saturated heterocycles. The molecule has 0 radical (unpaired) electrons. The van der Waals surface area contributed by atoms with E-state index in [1.54, 1.807) is 6.07 Å². The molecule has 1 aromatic heterocycles. The Hall–Kier alpha value is -0.840.